The quantitative estimate of drug-likeness (QED) is 0.621. The molecule has 2 aliphatic rings. The molecule has 3 unspecified atom stereocenters. The largest absolute Gasteiger partial charge is 0.376 e. The molecule has 0 aromatic heterocycles. The summed E-state index contributed by atoms with van der Waals surface area (Å²) in [5, 5.41) is 6.74. The number of nitrogens with zero attached hydrogens (tertiary/aromatic N) is 1. The molecule has 0 radical (unpaired) electrons. The molecular formula is C19H29N3O2. The SMILES string of the molecule is CCNC(=NCC1CCOC1c1ccccc1)NCC1CCCO1. The van der Waals surface area contributed by atoms with Crippen molar-refractivity contribution in [2.75, 3.05) is 32.8 Å². The van der Waals surface area contributed by atoms with E-state index in [1.807, 2.05) is 6.07 Å². The molecule has 5 heteroatoms. The van der Waals surface area contributed by atoms with Gasteiger partial charge in [-0.15, -0.1) is 0 Å². The topological polar surface area (TPSA) is 54.9 Å². The van der Waals surface area contributed by atoms with Crippen molar-refractivity contribution in [2.45, 2.75) is 38.4 Å². The van der Waals surface area contributed by atoms with Gasteiger partial charge in [0.2, 0.25) is 0 Å². The molecule has 1 aromatic carbocycles. The smallest absolute Gasteiger partial charge is 0.191 e. The van der Waals surface area contributed by atoms with Gasteiger partial charge in [0.1, 0.15) is 0 Å². The van der Waals surface area contributed by atoms with Crippen LogP contribution in [0.25, 0.3) is 0 Å². The summed E-state index contributed by atoms with van der Waals surface area (Å²) in [5.74, 6) is 1.32. The standard InChI is InChI=1S/C19H29N3O2/c1-2-20-19(22-14-17-9-6-11-23-17)21-13-16-10-12-24-18(16)15-7-4-3-5-8-15/h3-5,7-8,16-18H,2,6,9-14H2,1H3,(H2,20,21,22). The molecule has 3 rings (SSSR count). The van der Waals surface area contributed by atoms with Crippen LogP contribution in [0, 0.1) is 5.92 Å². The highest BCUT2D eigenvalue weighted by Gasteiger charge is 2.29. The van der Waals surface area contributed by atoms with E-state index >= 15 is 0 Å². The van der Waals surface area contributed by atoms with E-state index in [-0.39, 0.29) is 6.10 Å². The van der Waals surface area contributed by atoms with Gasteiger partial charge in [-0.05, 0) is 31.7 Å². The fourth-order valence-corrected chi connectivity index (χ4v) is 3.40. The molecule has 2 heterocycles. The maximum absolute atomic E-state index is 5.96. The van der Waals surface area contributed by atoms with Crippen LogP contribution < -0.4 is 10.6 Å². The van der Waals surface area contributed by atoms with Crippen LogP contribution >= 0.6 is 0 Å². The summed E-state index contributed by atoms with van der Waals surface area (Å²) in [4.78, 5) is 4.79. The predicted octanol–water partition coefficient (Wildman–Crippen LogP) is 2.50. The molecule has 2 saturated heterocycles. The predicted molar refractivity (Wildman–Crippen MR) is 96.2 cm³/mol. The molecule has 3 atom stereocenters. The van der Waals surface area contributed by atoms with Crippen molar-refractivity contribution < 1.29 is 9.47 Å². The maximum atomic E-state index is 5.96. The van der Waals surface area contributed by atoms with E-state index in [1.165, 1.54) is 5.56 Å². The monoisotopic (exact) mass is 331 g/mol. The minimum absolute atomic E-state index is 0.163. The van der Waals surface area contributed by atoms with E-state index in [0.29, 0.717) is 12.0 Å². The van der Waals surface area contributed by atoms with Gasteiger partial charge in [0.15, 0.2) is 5.96 Å². The van der Waals surface area contributed by atoms with Crippen molar-refractivity contribution in [3.8, 4) is 0 Å². The van der Waals surface area contributed by atoms with Crippen LogP contribution in [-0.2, 0) is 9.47 Å². The number of nitrogens with one attached hydrogen (secondary N) is 2. The van der Waals surface area contributed by atoms with Crippen molar-refractivity contribution in [2.24, 2.45) is 10.9 Å². The van der Waals surface area contributed by atoms with E-state index in [2.05, 4.69) is 41.8 Å². The van der Waals surface area contributed by atoms with Crippen LogP contribution in [-0.4, -0.2) is 44.9 Å². The molecule has 2 aliphatic heterocycles. The fraction of sp³-hybridized carbons (Fsp3) is 0.632. The minimum Gasteiger partial charge on any atom is -0.376 e. The lowest BCUT2D eigenvalue weighted by molar-refractivity contribution is 0.0925. The normalized spacial score (nSPS) is 27.4. The van der Waals surface area contributed by atoms with Crippen LogP contribution in [0.1, 0.15) is 37.9 Å². The lowest BCUT2D eigenvalue weighted by Crippen LogP contribution is -2.41. The minimum atomic E-state index is 0.163. The number of guanidine groups is 1. The van der Waals surface area contributed by atoms with Crippen LogP contribution in [0.2, 0.25) is 0 Å². The summed E-state index contributed by atoms with van der Waals surface area (Å²) in [6.45, 7) is 6.27. The summed E-state index contributed by atoms with van der Waals surface area (Å²) >= 11 is 0. The maximum Gasteiger partial charge on any atom is 0.191 e. The molecule has 0 spiro atoms. The fourth-order valence-electron chi connectivity index (χ4n) is 3.40. The number of hydrogen-bond donors (Lipinski definition) is 2. The Balaban J connectivity index is 1.56. The van der Waals surface area contributed by atoms with Crippen molar-refractivity contribution in [3.05, 3.63) is 35.9 Å². The average Bonchev–Trinajstić information content (AvgIpc) is 3.29. The number of ether oxygens (including phenoxy) is 2. The van der Waals surface area contributed by atoms with Crippen molar-refractivity contribution in [1.82, 2.24) is 10.6 Å². The lowest BCUT2D eigenvalue weighted by atomic mass is 9.95. The van der Waals surface area contributed by atoms with E-state index in [0.717, 1.165) is 58.1 Å². The number of rotatable bonds is 6. The second kappa shape index (κ2) is 9.04. The van der Waals surface area contributed by atoms with Crippen LogP contribution in [0.3, 0.4) is 0 Å². The van der Waals surface area contributed by atoms with E-state index in [9.17, 15) is 0 Å². The first-order valence-corrected chi connectivity index (χ1v) is 9.17. The Kier molecular flexibility index (Phi) is 6.49. The van der Waals surface area contributed by atoms with Crippen LogP contribution in [0.15, 0.2) is 35.3 Å². The summed E-state index contributed by atoms with van der Waals surface area (Å²) in [6, 6.07) is 10.5. The first kappa shape index (κ1) is 17.2. The van der Waals surface area contributed by atoms with Crippen molar-refractivity contribution in [3.63, 3.8) is 0 Å². The highest BCUT2D eigenvalue weighted by Crippen LogP contribution is 2.34. The Morgan fingerprint density at radius 3 is 2.75 bits per heavy atom. The van der Waals surface area contributed by atoms with Gasteiger partial charge in [0, 0.05) is 38.8 Å². The Bertz CT molecular complexity index is 515. The molecule has 24 heavy (non-hydrogen) atoms. The van der Waals surface area contributed by atoms with Gasteiger partial charge in [-0.1, -0.05) is 30.3 Å². The molecule has 0 amide bonds. The lowest BCUT2D eigenvalue weighted by Gasteiger charge is -2.19. The summed E-state index contributed by atoms with van der Waals surface area (Å²) in [6.07, 6.45) is 3.85. The molecule has 5 nitrogen and oxygen atoms in total. The van der Waals surface area contributed by atoms with Gasteiger partial charge >= 0.3 is 0 Å². The third kappa shape index (κ3) is 4.71. The molecular weight excluding hydrogens is 302 g/mol. The zero-order valence-electron chi connectivity index (χ0n) is 14.5. The first-order chi connectivity index (χ1) is 11.9. The Morgan fingerprint density at radius 1 is 1.12 bits per heavy atom. The molecule has 0 bridgehead atoms. The zero-order valence-corrected chi connectivity index (χ0v) is 14.5. The zero-order chi connectivity index (χ0) is 16.6. The van der Waals surface area contributed by atoms with E-state index < -0.39 is 0 Å². The van der Waals surface area contributed by atoms with Gasteiger partial charge in [-0.2, -0.15) is 0 Å². The molecule has 0 saturated carbocycles. The summed E-state index contributed by atoms with van der Waals surface area (Å²) < 4.78 is 11.6. The number of benzene rings is 1. The Hall–Kier alpha value is -1.59. The molecule has 132 valence electrons. The van der Waals surface area contributed by atoms with Crippen molar-refractivity contribution in [1.29, 1.82) is 0 Å². The van der Waals surface area contributed by atoms with E-state index in [4.69, 9.17) is 14.5 Å². The summed E-state index contributed by atoms with van der Waals surface area (Å²) in [7, 11) is 0. The average molecular weight is 331 g/mol. The molecule has 2 N–H and O–H groups in total. The number of hydrogen-bond acceptors (Lipinski definition) is 3. The third-order valence-electron chi connectivity index (χ3n) is 4.69. The van der Waals surface area contributed by atoms with Crippen LogP contribution in [0.4, 0.5) is 0 Å². The number of aliphatic imine (C=N–C) groups is 1. The van der Waals surface area contributed by atoms with Crippen molar-refractivity contribution >= 4 is 5.96 Å². The van der Waals surface area contributed by atoms with Gasteiger partial charge < -0.3 is 20.1 Å². The van der Waals surface area contributed by atoms with Gasteiger partial charge in [0.05, 0.1) is 12.2 Å². The third-order valence-corrected chi connectivity index (χ3v) is 4.69. The Labute approximate surface area is 144 Å². The molecule has 1 aromatic rings. The van der Waals surface area contributed by atoms with Gasteiger partial charge in [0.25, 0.3) is 0 Å². The van der Waals surface area contributed by atoms with Gasteiger partial charge in [-0.25, -0.2) is 0 Å². The second-order valence-electron chi connectivity index (χ2n) is 6.49. The van der Waals surface area contributed by atoms with Gasteiger partial charge in [-0.3, -0.25) is 4.99 Å². The van der Waals surface area contributed by atoms with Crippen LogP contribution in [0.5, 0.6) is 0 Å². The second-order valence-corrected chi connectivity index (χ2v) is 6.49. The molecule has 2 fully saturated rings. The van der Waals surface area contributed by atoms with E-state index in [1.54, 1.807) is 0 Å². The molecule has 0 aliphatic carbocycles. The Morgan fingerprint density at radius 2 is 2.00 bits per heavy atom. The highest BCUT2D eigenvalue weighted by atomic mass is 16.5. The highest BCUT2D eigenvalue weighted by molar-refractivity contribution is 5.79. The first-order valence-electron chi connectivity index (χ1n) is 9.17. The summed E-state index contributed by atoms with van der Waals surface area (Å²) in [5.41, 5.74) is 1.26.